The summed E-state index contributed by atoms with van der Waals surface area (Å²) in [4.78, 5) is 34.9. The number of hydrogen-bond donors (Lipinski definition) is 1. The molecule has 0 saturated heterocycles. The van der Waals surface area contributed by atoms with Crippen LogP contribution in [0.1, 0.15) is 19.4 Å². The first-order chi connectivity index (χ1) is 8.90. The topological polar surface area (TPSA) is 83.9 Å². The van der Waals surface area contributed by atoms with Crippen molar-refractivity contribution in [1.29, 1.82) is 0 Å². The number of carboxylic acids is 1. The van der Waals surface area contributed by atoms with Gasteiger partial charge in [0.15, 0.2) is 0 Å². The van der Waals surface area contributed by atoms with Gasteiger partial charge in [-0.15, -0.1) is 0 Å². The van der Waals surface area contributed by atoms with Gasteiger partial charge in [-0.25, -0.2) is 4.79 Å². The largest absolute Gasteiger partial charge is 0.480 e. The van der Waals surface area contributed by atoms with Crippen LogP contribution in [0.2, 0.25) is 0 Å². The number of aliphatic carboxylic acids is 1. The molecule has 1 atom stereocenters. The van der Waals surface area contributed by atoms with Gasteiger partial charge >= 0.3 is 11.9 Å². The third kappa shape index (κ3) is 2.42. The molecule has 19 heavy (non-hydrogen) atoms. The van der Waals surface area contributed by atoms with Crippen molar-refractivity contribution in [2.24, 2.45) is 0 Å². The Labute approximate surface area is 109 Å². The van der Waals surface area contributed by atoms with Gasteiger partial charge in [-0.2, -0.15) is 0 Å². The Hall–Kier alpha value is -2.37. The van der Waals surface area contributed by atoms with Crippen LogP contribution in [0.15, 0.2) is 18.2 Å². The molecule has 0 bridgehead atoms. The summed E-state index contributed by atoms with van der Waals surface area (Å²) in [6, 6.07) is 3.83. The highest BCUT2D eigenvalue weighted by Crippen LogP contribution is 2.35. The molecule has 100 valence electrons. The number of amides is 1. The lowest BCUT2D eigenvalue weighted by atomic mass is 10.1. The first-order valence-corrected chi connectivity index (χ1v) is 5.74. The molecule has 0 aromatic heterocycles. The van der Waals surface area contributed by atoms with Gasteiger partial charge < -0.3 is 9.84 Å². The van der Waals surface area contributed by atoms with Crippen LogP contribution in [0.25, 0.3) is 0 Å². The highest BCUT2D eigenvalue weighted by Gasteiger charge is 2.37. The second-order valence-corrected chi connectivity index (χ2v) is 4.33. The lowest BCUT2D eigenvalue weighted by molar-refractivity contribution is -0.139. The number of rotatable bonds is 2. The number of fused-ring (bicyclic) bond motifs is 1. The van der Waals surface area contributed by atoms with Crippen molar-refractivity contribution in [2.75, 3.05) is 4.90 Å². The fourth-order valence-corrected chi connectivity index (χ4v) is 2.24. The zero-order valence-electron chi connectivity index (χ0n) is 10.5. The summed E-state index contributed by atoms with van der Waals surface area (Å²) < 4.78 is 4.94. The van der Waals surface area contributed by atoms with E-state index in [1.807, 2.05) is 0 Å². The van der Waals surface area contributed by atoms with E-state index in [1.54, 1.807) is 18.2 Å². The minimum Gasteiger partial charge on any atom is -0.480 e. The van der Waals surface area contributed by atoms with Gasteiger partial charge in [-0.3, -0.25) is 14.5 Å². The molecule has 1 heterocycles. The van der Waals surface area contributed by atoms with Crippen molar-refractivity contribution >= 4 is 23.5 Å². The Kier molecular flexibility index (Phi) is 3.25. The average Bonchev–Trinajstić information content (AvgIpc) is 2.66. The highest BCUT2D eigenvalue weighted by molar-refractivity contribution is 6.00. The summed E-state index contributed by atoms with van der Waals surface area (Å²) in [5, 5.41) is 9.14. The summed E-state index contributed by atoms with van der Waals surface area (Å²) >= 11 is 0. The second-order valence-electron chi connectivity index (χ2n) is 4.33. The van der Waals surface area contributed by atoms with E-state index in [2.05, 4.69) is 0 Å². The Balaban J connectivity index is 2.39. The Morgan fingerprint density at radius 1 is 1.32 bits per heavy atom. The van der Waals surface area contributed by atoms with Crippen LogP contribution in [0.3, 0.4) is 0 Å². The molecular formula is C13H13NO5. The van der Waals surface area contributed by atoms with Crippen LogP contribution >= 0.6 is 0 Å². The number of anilines is 1. The number of benzene rings is 1. The van der Waals surface area contributed by atoms with Crippen molar-refractivity contribution < 1.29 is 24.2 Å². The van der Waals surface area contributed by atoms with E-state index in [0.29, 0.717) is 17.0 Å². The summed E-state index contributed by atoms with van der Waals surface area (Å²) in [5.74, 6) is -1.48. The average molecular weight is 263 g/mol. The van der Waals surface area contributed by atoms with Crippen LogP contribution in [-0.4, -0.2) is 29.0 Å². The molecule has 6 heteroatoms. The van der Waals surface area contributed by atoms with Crippen LogP contribution in [0.5, 0.6) is 5.75 Å². The third-order valence-electron chi connectivity index (χ3n) is 2.92. The maximum absolute atomic E-state index is 11.6. The standard InChI is InChI=1S/C13H13NO5/c1-7(15)14-11-4-3-10(19-8(2)16)5-9(11)6-12(14)13(17)18/h3-5,12H,6H2,1-2H3,(H,17,18). The number of carbonyl (C=O) groups is 3. The monoisotopic (exact) mass is 263 g/mol. The molecule has 1 amide bonds. The van der Waals surface area contributed by atoms with Gasteiger partial charge in [0.2, 0.25) is 5.91 Å². The van der Waals surface area contributed by atoms with Gasteiger partial charge in [0, 0.05) is 26.0 Å². The molecule has 0 aliphatic carbocycles. The smallest absolute Gasteiger partial charge is 0.327 e. The number of carbonyl (C=O) groups excluding carboxylic acids is 2. The molecule has 1 N–H and O–H groups in total. The molecule has 1 aliphatic heterocycles. The molecule has 1 aromatic carbocycles. The summed E-state index contributed by atoms with van der Waals surface area (Å²) in [6.45, 7) is 2.61. The van der Waals surface area contributed by atoms with Crippen LogP contribution in [-0.2, 0) is 20.8 Å². The zero-order valence-corrected chi connectivity index (χ0v) is 10.5. The maximum Gasteiger partial charge on any atom is 0.327 e. The summed E-state index contributed by atoms with van der Waals surface area (Å²) in [7, 11) is 0. The molecule has 2 rings (SSSR count). The second kappa shape index (κ2) is 4.72. The van der Waals surface area contributed by atoms with E-state index in [9.17, 15) is 14.4 Å². The quantitative estimate of drug-likeness (QED) is 0.635. The van der Waals surface area contributed by atoms with E-state index < -0.39 is 18.0 Å². The molecule has 0 fully saturated rings. The van der Waals surface area contributed by atoms with Crippen molar-refractivity contribution in [3.05, 3.63) is 23.8 Å². The van der Waals surface area contributed by atoms with Gasteiger partial charge in [0.05, 0.1) is 0 Å². The Bertz CT molecular complexity index is 566. The first-order valence-electron chi connectivity index (χ1n) is 5.74. The lowest BCUT2D eigenvalue weighted by Gasteiger charge is -2.20. The predicted molar refractivity (Wildman–Crippen MR) is 66.0 cm³/mol. The number of nitrogens with zero attached hydrogens (tertiary/aromatic N) is 1. The van der Waals surface area contributed by atoms with E-state index >= 15 is 0 Å². The molecule has 0 saturated carbocycles. The molecule has 0 radical (unpaired) electrons. The Morgan fingerprint density at radius 3 is 2.53 bits per heavy atom. The molecule has 0 spiro atoms. The van der Waals surface area contributed by atoms with E-state index in [-0.39, 0.29) is 12.3 Å². The minimum absolute atomic E-state index is 0.208. The summed E-state index contributed by atoms with van der Waals surface area (Å²) in [5.41, 5.74) is 1.23. The Morgan fingerprint density at radius 2 is 2.00 bits per heavy atom. The molecule has 1 aliphatic rings. The fraction of sp³-hybridized carbons (Fsp3) is 0.308. The number of hydrogen-bond acceptors (Lipinski definition) is 4. The number of esters is 1. The molecule has 1 unspecified atom stereocenters. The van der Waals surface area contributed by atoms with Gasteiger partial charge in [0.1, 0.15) is 11.8 Å². The SMILES string of the molecule is CC(=O)Oc1ccc2c(c1)CC(C(=O)O)N2C(C)=O. The summed E-state index contributed by atoms with van der Waals surface area (Å²) in [6.07, 6.45) is 0.208. The predicted octanol–water partition coefficient (Wildman–Crippen LogP) is 0.974. The van der Waals surface area contributed by atoms with Crippen LogP contribution in [0.4, 0.5) is 5.69 Å². The van der Waals surface area contributed by atoms with Crippen LogP contribution in [0, 0.1) is 0 Å². The van der Waals surface area contributed by atoms with Crippen LogP contribution < -0.4 is 9.64 Å². The molecule has 6 nitrogen and oxygen atoms in total. The van der Waals surface area contributed by atoms with Gasteiger partial charge in [-0.05, 0) is 23.8 Å². The fourth-order valence-electron chi connectivity index (χ4n) is 2.24. The first kappa shape index (κ1) is 13.1. The molecular weight excluding hydrogens is 250 g/mol. The van der Waals surface area contributed by atoms with Crippen molar-refractivity contribution in [1.82, 2.24) is 0 Å². The molecule has 1 aromatic rings. The van der Waals surface area contributed by atoms with Crippen molar-refractivity contribution in [2.45, 2.75) is 26.3 Å². The van der Waals surface area contributed by atoms with E-state index in [4.69, 9.17) is 9.84 Å². The van der Waals surface area contributed by atoms with Crippen molar-refractivity contribution in [3.8, 4) is 5.75 Å². The van der Waals surface area contributed by atoms with Crippen molar-refractivity contribution in [3.63, 3.8) is 0 Å². The number of ether oxygens (including phenoxy) is 1. The third-order valence-corrected chi connectivity index (χ3v) is 2.92. The van der Waals surface area contributed by atoms with E-state index in [1.165, 1.54) is 18.7 Å². The normalized spacial score (nSPS) is 16.9. The minimum atomic E-state index is -1.06. The van der Waals surface area contributed by atoms with Gasteiger partial charge in [0.25, 0.3) is 0 Å². The van der Waals surface area contributed by atoms with E-state index in [0.717, 1.165) is 0 Å². The lowest BCUT2D eigenvalue weighted by Crippen LogP contribution is -2.41. The maximum atomic E-state index is 11.6. The number of carboxylic acid groups (broad SMARTS) is 1. The highest BCUT2D eigenvalue weighted by atomic mass is 16.5. The van der Waals surface area contributed by atoms with Gasteiger partial charge in [-0.1, -0.05) is 0 Å². The zero-order chi connectivity index (χ0) is 14.2.